The molecule has 8 nitrogen and oxygen atoms in total. The van der Waals surface area contributed by atoms with E-state index in [2.05, 4.69) is 5.32 Å². The molecule has 3 rings (SSSR count). The molecule has 0 saturated carbocycles. The summed E-state index contributed by atoms with van der Waals surface area (Å²) < 4.78 is 10.7. The molecule has 0 spiro atoms. The van der Waals surface area contributed by atoms with Gasteiger partial charge in [0, 0.05) is 0 Å². The summed E-state index contributed by atoms with van der Waals surface area (Å²) >= 11 is 5.19. The molecule has 31 heavy (non-hydrogen) atoms. The molecule has 0 bridgehead atoms. The highest BCUT2D eigenvalue weighted by Crippen LogP contribution is 2.25. The minimum atomic E-state index is -1.08. The fourth-order valence-corrected chi connectivity index (χ4v) is 3.09. The number of hydrogen-bond donors (Lipinski definition) is 2. The monoisotopic (exact) mass is 440 g/mol. The summed E-state index contributed by atoms with van der Waals surface area (Å²) in [5, 5.41) is 11.4. The maximum atomic E-state index is 13.0. The standard InChI is InChI=1S/C22H20N2O6S/c1-3-29-16-10-6-15(7-11-16)24-20(26)18(19(25)23-22(24)31)12-14-4-8-17(9-5-14)30-13(2)21(27)28/h4-13H,3H2,1-2H3,(H,27,28)(H,23,25,31)/b18-12-/t13-/m1/s1. The number of rotatable bonds is 7. The quantitative estimate of drug-likeness (QED) is 0.387. The summed E-state index contributed by atoms with van der Waals surface area (Å²) in [5.41, 5.74) is 0.971. The fraction of sp³-hybridized carbons (Fsp3) is 0.182. The van der Waals surface area contributed by atoms with E-state index >= 15 is 0 Å². The van der Waals surface area contributed by atoms with Crippen molar-refractivity contribution in [2.24, 2.45) is 0 Å². The Bertz CT molecular complexity index is 1050. The van der Waals surface area contributed by atoms with E-state index in [1.807, 2.05) is 6.92 Å². The molecular formula is C22H20N2O6S. The number of carboxylic acids is 1. The van der Waals surface area contributed by atoms with Crippen LogP contribution in [0.1, 0.15) is 19.4 Å². The van der Waals surface area contributed by atoms with Gasteiger partial charge in [-0.05, 0) is 74.1 Å². The first kappa shape index (κ1) is 22.0. The van der Waals surface area contributed by atoms with Gasteiger partial charge in [-0.2, -0.15) is 0 Å². The molecule has 2 amide bonds. The van der Waals surface area contributed by atoms with E-state index in [1.54, 1.807) is 48.5 Å². The van der Waals surface area contributed by atoms with Gasteiger partial charge in [-0.25, -0.2) is 4.79 Å². The lowest BCUT2D eigenvalue weighted by atomic mass is 10.1. The Morgan fingerprint density at radius 3 is 2.32 bits per heavy atom. The van der Waals surface area contributed by atoms with Gasteiger partial charge in [-0.1, -0.05) is 12.1 Å². The van der Waals surface area contributed by atoms with Crippen molar-refractivity contribution in [1.82, 2.24) is 5.32 Å². The van der Waals surface area contributed by atoms with E-state index in [0.29, 0.717) is 29.4 Å². The molecule has 0 unspecified atom stereocenters. The molecule has 0 radical (unpaired) electrons. The Labute approximate surface area is 184 Å². The highest BCUT2D eigenvalue weighted by Gasteiger charge is 2.34. The maximum absolute atomic E-state index is 13.0. The van der Waals surface area contributed by atoms with E-state index in [9.17, 15) is 14.4 Å². The smallest absolute Gasteiger partial charge is 0.344 e. The van der Waals surface area contributed by atoms with Crippen molar-refractivity contribution in [3.8, 4) is 11.5 Å². The highest BCUT2D eigenvalue weighted by molar-refractivity contribution is 7.80. The van der Waals surface area contributed by atoms with Crippen molar-refractivity contribution in [3.63, 3.8) is 0 Å². The SMILES string of the molecule is CCOc1ccc(N2C(=O)/C(=C\c3ccc(O[C@H](C)C(=O)O)cc3)C(=O)NC2=S)cc1. The lowest BCUT2D eigenvalue weighted by Crippen LogP contribution is -2.54. The third kappa shape index (κ3) is 5.07. The molecule has 2 aromatic rings. The lowest BCUT2D eigenvalue weighted by molar-refractivity contribution is -0.144. The van der Waals surface area contributed by atoms with Crippen molar-refractivity contribution < 1.29 is 29.0 Å². The Balaban J connectivity index is 1.84. The predicted octanol–water partition coefficient (Wildman–Crippen LogP) is 2.77. The second kappa shape index (κ2) is 9.40. The van der Waals surface area contributed by atoms with Gasteiger partial charge in [0.05, 0.1) is 12.3 Å². The maximum Gasteiger partial charge on any atom is 0.344 e. The number of nitrogens with zero attached hydrogens (tertiary/aromatic N) is 1. The second-order valence-corrected chi connectivity index (χ2v) is 6.94. The molecule has 2 aromatic carbocycles. The van der Waals surface area contributed by atoms with Crippen LogP contribution in [0, 0.1) is 0 Å². The predicted molar refractivity (Wildman–Crippen MR) is 118 cm³/mol. The summed E-state index contributed by atoms with van der Waals surface area (Å²) in [5.74, 6) is -1.23. The van der Waals surface area contributed by atoms with E-state index in [-0.39, 0.29) is 10.7 Å². The number of amides is 2. The Hall–Kier alpha value is -3.72. The molecule has 1 heterocycles. The zero-order valence-electron chi connectivity index (χ0n) is 16.8. The third-order valence-corrected chi connectivity index (χ3v) is 4.64. The summed E-state index contributed by atoms with van der Waals surface area (Å²) in [7, 11) is 0. The number of carbonyl (C=O) groups excluding carboxylic acids is 2. The molecular weight excluding hydrogens is 420 g/mol. The highest BCUT2D eigenvalue weighted by atomic mass is 32.1. The number of carboxylic acid groups (broad SMARTS) is 1. The molecule has 2 N–H and O–H groups in total. The van der Waals surface area contributed by atoms with Crippen LogP contribution in [-0.2, 0) is 14.4 Å². The first-order valence-electron chi connectivity index (χ1n) is 9.44. The lowest BCUT2D eigenvalue weighted by Gasteiger charge is -2.29. The average Bonchev–Trinajstić information content (AvgIpc) is 2.73. The van der Waals surface area contributed by atoms with Crippen LogP contribution in [0.15, 0.2) is 54.1 Å². The average molecular weight is 440 g/mol. The van der Waals surface area contributed by atoms with Crippen LogP contribution >= 0.6 is 12.2 Å². The number of ether oxygens (including phenoxy) is 2. The van der Waals surface area contributed by atoms with E-state index in [1.165, 1.54) is 17.9 Å². The molecule has 1 aliphatic rings. The minimum absolute atomic E-state index is 0.0114. The minimum Gasteiger partial charge on any atom is -0.494 e. The van der Waals surface area contributed by atoms with Crippen molar-refractivity contribution in [3.05, 3.63) is 59.7 Å². The molecule has 1 saturated heterocycles. The van der Waals surface area contributed by atoms with Crippen molar-refractivity contribution in [1.29, 1.82) is 0 Å². The molecule has 1 fully saturated rings. The molecule has 1 atom stereocenters. The van der Waals surface area contributed by atoms with Crippen LogP contribution in [0.5, 0.6) is 11.5 Å². The van der Waals surface area contributed by atoms with Crippen molar-refractivity contribution in [2.75, 3.05) is 11.5 Å². The van der Waals surface area contributed by atoms with Crippen LogP contribution in [0.2, 0.25) is 0 Å². The Morgan fingerprint density at radius 1 is 1.13 bits per heavy atom. The van der Waals surface area contributed by atoms with Gasteiger partial charge in [0.2, 0.25) is 0 Å². The first-order chi connectivity index (χ1) is 14.8. The van der Waals surface area contributed by atoms with Gasteiger partial charge in [-0.3, -0.25) is 19.8 Å². The van der Waals surface area contributed by atoms with Gasteiger partial charge < -0.3 is 14.6 Å². The zero-order chi connectivity index (χ0) is 22.5. The molecule has 1 aliphatic heterocycles. The van der Waals surface area contributed by atoms with Crippen molar-refractivity contribution in [2.45, 2.75) is 20.0 Å². The van der Waals surface area contributed by atoms with Gasteiger partial charge in [0.15, 0.2) is 11.2 Å². The number of aliphatic carboxylic acids is 1. The number of nitrogens with one attached hydrogen (secondary N) is 1. The van der Waals surface area contributed by atoms with Crippen LogP contribution in [0.4, 0.5) is 5.69 Å². The van der Waals surface area contributed by atoms with E-state index in [4.69, 9.17) is 26.8 Å². The number of carbonyl (C=O) groups is 3. The fourth-order valence-electron chi connectivity index (χ4n) is 2.81. The normalized spacial score (nSPS) is 16.1. The second-order valence-electron chi connectivity index (χ2n) is 6.55. The molecule has 9 heteroatoms. The third-order valence-electron chi connectivity index (χ3n) is 4.36. The van der Waals surface area contributed by atoms with E-state index < -0.39 is 23.9 Å². The van der Waals surface area contributed by atoms with Gasteiger partial charge in [0.1, 0.15) is 17.1 Å². The van der Waals surface area contributed by atoms with Crippen LogP contribution in [0.25, 0.3) is 6.08 Å². The largest absolute Gasteiger partial charge is 0.494 e. The van der Waals surface area contributed by atoms with Crippen LogP contribution in [-0.4, -0.2) is 40.7 Å². The summed E-state index contributed by atoms with van der Waals surface area (Å²) in [6.07, 6.45) is 0.435. The zero-order valence-corrected chi connectivity index (χ0v) is 17.6. The van der Waals surface area contributed by atoms with Gasteiger partial charge >= 0.3 is 5.97 Å². The molecule has 160 valence electrons. The Morgan fingerprint density at radius 2 is 1.74 bits per heavy atom. The number of benzene rings is 2. The number of thiocarbonyl (C=S) groups is 1. The van der Waals surface area contributed by atoms with E-state index in [0.717, 1.165) is 0 Å². The summed E-state index contributed by atoms with van der Waals surface area (Å²) in [6.45, 7) is 3.80. The van der Waals surface area contributed by atoms with Gasteiger partial charge in [-0.15, -0.1) is 0 Å². The number of anilines is 1. The Kier molecular flexibility index (Phi) is 6.66. The molecule has 0 aliphatic carbocycles. The first-order valence-corrected chi connectivity index (χ1v) is 9.85. The van der Waals surface area contributed by atoms with Crippen LogP contribution < -0.4 is 19.7 Å². The molecule has 0 aromatic heterocycles. The van der Waals surface area contributed by atoms with Gasteiger partial charge in [0.25, 0.3) is 11.8 Å². The topological polar surface area (TPSA) is 105 Å². The van der Waals surface area contributed by atoms with Crippen LogP contribution in [0.3, 0.4) is 0 Å². The summed E-state index contributed by atoms with van der Waals surface area (Å²) in [4.78, 5) is 37.6. The number of hydrogen-bond acceptors (Lipinski definition) is 6. The summed E-state index contributed by atoms with van der Waals surface area (Å²) in [6, 6.07) is 13.1. The van der Waals surface area contributed by atoms with Crippen molar-refractivity contribution >= 4 is 46.9 Å².